The van der Waals surface area contributed by atoms with Crippen molar-refractivity contribution in [1.29, 1.82) is 0 Å². The molecular weight excluding hydrogens is 756 g/mol. The lowest BCUT2D eigenvalue weighted by molar-refractivity contribution is -0.141. The molecule has 5 heterocycles. The number of rotatable bonds is 8. The first-order valence-electron chi connectivity index (χ1n) is 19.8. The van der Waals surface area contributed by atoms with Crippen LogP contribution in [0.2, 0.25) is 0 Å². The maximum Gasteiger partial charge on any atom is 0.434 e. The number of imidazole rings is 1. The smallest absolute Gasteiger partial charge is 0.386 e. The molecule has 3 amide bonds. The second kappa shape index (κ2) is 15.1. The molecule has 17 heteroatoms. The molecule has 0 spiro atoms. The van der Waals surface area contributed by atoms with Gasteiger partial charge in [0.25, 0.3) is 5.91 Å². The number of nitrogens with zero attached hydrogens (tertiary/aromatic N) is 7. The Morgan fingerprint density at radius 3 is 2.38 bits per heavy atom. The molecule has 3 fully saturated rings. The Balaban J connectivity index is 0.891. The number of aromatic nitrogens is 6. The van der Waals surface area contributed by atoms with Crippen LogP contribution in [0.15, 0.2) is 53.7 Å². The predicted molar refractivity (Wildman–Crippen MR) is 208 cm³/mol. The molecule has 1 unspecified atom stereocenters. The summed E-state index contributed by atoms with van der Waals surface area (Å²) in [7, 11) is 1.75. The first kappa shape index (κ1) is 39.4. The number of amides is 3. The number of carbonyl (C=O) groups is 3. The van der Waals surface area contributed by atoms with Gasteiger partial charge in [0, 0.05) is 42.8 Å². The Morgan fingerprint density at radius 2 is 1.72 bits per heavy atom. The van der Waals surface area contributed by atoms with Crippen LogP contribution in [0.1, 0.15) is 111 Å². The molecule has 2 aromatic carbocycles. The van der Waals surface area contributed by atoms with E-state index in [1.54, 1.807) is 42.2 Å². The minimum atomic E-state index is -4.68. The molecule has 3 aromatic heterocycles. The van der Waals surface area contributed by atoms with Crippen LogP contribution in [0.25, 0.3) is 21.9 Å². The summed E-state index contributed by atoms with van der Waals surface area (Å²) in [6.45, 7) is 6.06. The number of nitrogens with one attached hydrogen (secondary N) is 2. The number of carbonyl (C=O) groups excluding carboxylic acids is 3. The summed E-state index contributed by atoms with van der Waals surface area (Å²) in [5, 5.41) is 21.7. The minimum Gasteiger partial charge on any atom is -0.386 e. The summed E-state index contributed by atoms with van der Waals surface area (Å²) < 4.78 is 44.0. The summed E-state index contributed by atoms with van der Waals surface area (Å²) in [5.41, 5.74) is 0.924. The topological polar surface area (TPSA) is 169 Å². The summed E-state index contributed by atoms with van der Waals surface area (Å²) in [6, 6.07) is 8.84. The highest BCUT2D eigenvalue weighted by Gasteiger charge is 2.35. The molecule has 14 nitrogen and oxygen atoms in total. The Hall–Kier alpha value is -5.42. The number of aryl methyl sites for hydroxylation is 1. The Morgan fingerprint density at radius 1 is 0.983 bits per heavy atom. The maximum absolute atomic E-state index is 13.5. The van der Waals surface area contributed by atoms with Crippen LogP contribution in [-0.4, -0.2) is 76.2 Å². The zero-order chi connectivity index (χ0) is 41.1. The van der Waals surface area contributed by atoms with Crippen molar-refractivity contribution in [2.45, 2.75) is 95.0 Å². The molecule has 2 saturated heterocycles. The summed E-state index contributed by atoms with van der Waals surface area (Å²) >= 11 is 0. The summed E-state index contributed by atoms with van der Waals surface area (Å²) in [6.07, 6.45) is 4.93. The van der Waals surface area contributed by atoms with Crippen molar-refractivity contribution in [3.8, 4) is 0 Å². The van der Waals surface area contributed by atoms with Gasteiger partial charge in [0.05, 0.1) is 40.6 Å². The number of aliphatic hydroxyl groups is 1. The minimum absolute atomic E-state index is 0.181. The first-order chi connectivity index (χ1) is 27.5. The average Bonchev–Trinajstić information content (AvgIpc) is 3.72. The van der Waals surface area contributed by atoms with E-state index in [1.807, 2.05) is 23.0 Å². The SMILES string of the molecule is Cn1c(=O)n(C2CCC(=O)NC2=O)c2cccc(C3CCN(C[C@H]4CC[C@H](n5cc6cc(NC(=O)c7cnc(C(F)(F)F)cn7)c(C(C)(C)O)cc6n5)CC4)CC3)c21. The molecule has 3 aliphatic rings. The van der Waals surface area contributed by atoms with Gasteiger partial charge in [0.1, 0.15) is 11.7 Å². The fourth-order valence-electron chi connectivity index (χ4n) is 9.08. The van der Waals surface area contributed by atoms with Crippen molar-refractivity contribution in [3.05, 3.63) is 81.9 Å². The van der Waals surface area contributed by atoms with E-state index in [0.717, 1.165) is 86.3 Å². The van der Waals surface area contributed by atoms with Crippen LogP contribution in [0.3, 0.4) is 0 Å². The highest BCUT2D eigenvalue weighted by atomic mass is 19.4. The number of hydrogen-bond donors (Lipinski definition) is 3. The highest BCUT2D eigenvalue weighted by Crippen LogP contribution is 2.38. The van der Waals surface area contributed by atoms with E-state index in [0.29, 0.717) is 35.3 Å². The number of anilines is 1. The quantitative estimate of drug-likeness (QED) is 0.170. The zero-order valence-corrected chi connectivity index (χ0v) is 32.6. The van der Waals surface area contributed by atoms with Gasteiger partial charge in [-0.25, -0.2) is 14.8 Å². The zero-order valence-electron chi connectivity index (χ0n) is 32.6. The lowest BCUT2D eigenvalue weighted by Crippen LogP contribution is -2.44. The monoisotopic (exact) mass is 801 g/mol. The second-order valence-electron chi connectivity index (χ2n) is 16.5. The number of para-hydroxylation sites is 1. The molecular formula is C41H46F3N9O5. The molecule has 1 saturated carbocycles. The van der Waals surface area contributed by atoms with Crippen molar-refractivity contribution in [2.75, 3.05) is 25.0 Å². The van der Waals surface area contributed by atoms with E-state index in [9.17, 15) is 37.5 Å². The molecule has 2 aliphatic heterocycles. The third-order valence-electron chi connectivity index (χ3n) is 12.1. The van der Waals surface area contributed by atoms with Crippen molar-refractivity contribution in [2.24, 2.45) is 13.0 Å². The summed E-state index contributed by atoms with van der Waals surface area (Å²) in [5.74, 6) is -0.689. The molecule has 1 atom stereocenters. The molecule has 0 bridgehead atoms. The number of alkyl halides is 3. The average molecular weight is 802 g/mol. The lowest BCUT2D eigenvalue weighted by Gasteiger charge is -2.37. The molecule has 1 aliphatic carbocycles. The highest BCUT2D eigenvalue weighted by molar-refractivity contribution is 6.04. The van der Waals surface area contributed by atoms with Crippen LogP contribution in [0, 0.1) is 5.92 Å². The van der Waals surface area contributed by atoms with Gasteiger partial charge in [-0.1, -0.05) is 12.1 Å². The maximum atomic E-state index is 13.5. The van der Waals surface area contributed by atoms with Gasteiger partial charge < -0.3 is 15.3 Å². The van der Waals surface area contributed by atoms with Gasteiger partial charge in [0.15, 0.2) is 5.69 Å². The standard InChI is InChI=1S/C41H46F3N9O5/c1-40(2,58)28-18-29-25(17-30(28)47-37(55)31-19-46-34(20-45-31)41(42,43)44)22-52(49-29)26-9-7-23(8-10-26)21-51-15-13-24(14-16-51)27-5-4-6-32-36(27)50(3)39(57)53(32)33-11-12-35(54)48-38(33)56/h4-6,17-20,22-24,26,33,58H,7-16,21H2,1-3H3,(H,47,55)(H,48,54,56)/t23-,26-,33?. The second-order valence-corrected chi connectivity index (χ2v) is 16.5. The van der Waals surface area contributed by atoms with Crippen molar-refractivity contribution < 1.29 is 32.7 Å². The number of piperidine rings is 2. The van der Waals surface area contributed by atoms with Crippen LogP contribution < -0.4 is 16.3 Å². The normalized spacial score (nSPS) is 21.5. The van der Waals surface area contributed by atoms with Gasteiger partial charge >= 0.3 is 11.9 Å². The van der Waals surface area contributed by atoms with Gasteiger partial charge in [0.2, 0.25) is 11.8 Å². The van der Waals surface area contributed by atoms with E-state index in [2.05, 4.69) is 31.6 Å². The van der Waals surface area contributed by atoms with Crippen molar-refractivity contribution in [1.82, 2.24) is 39.1 Å². The fraction of sp³-hybridized carbons (Fsp3) is 0.488. The number of fused-ring (bicyclic) bond motifs is 2. The lowest BCUT2D eigenvalue weighted by atomic mass is 9.84. The van der Waals surface area contributed by atoms with Crippen molar-refractivity contribution in [3.63, 3.8) is 0 Å². The molecule has 58 heavy (non-hydrogen) atoms. The van der Waals surface area contributed by atoms with Crippen LogP contribution >= 0.6 is 0 Å². The first-order valence-corrected chi connectivity index (χ1v) is 19.8. The molecule has 306 valence electrons. The molecule has 0 radical (unpaired) electrons. The van der Waals surface area contributed by atoms with E-state index >= 15 is 0 Å². The number of hydrogen-bond acceptors (Lipinski definition) is 9. The predicted octanol–water partition coefficient (Wildman–Crippen LogP) is 5.57. The Bertz CT molecular complexity index is 2450. The van der Waals surface area contributed by atoms with Gasteiger partial charge in [-0.3, -0.25) is 33.5 Å². The third-order valence-corrected chi connectivity index (χ3v) is 12.1. The van der Waals surface area contributed by atoms with E-state index in [-0.39, 0.29) is 35.7 Å². The van der Waals surface area contributed by atoms with Crippen LogP contribution in [0.5, 0.6) is 0 Å². The fourth-order valence-corrected chi connectivity index (χ4v) is 9.08. The summed E-state index contributed by atoms with van der Waals surface area (Å²) in [4.78, 5) is 60.5. The molecule has 3 N–H and O–H groups in total. The number of benzene rings is 2. The van der Waals surface area contributed by atoms with Crippen molar-refractivity contribution >= 4 is 45.3 Å². The number of likely N-dealkylation sites (tertiary alicyclic amines) is 1. The van der Waals surface area contributed by atoms with Crippen LogP contribution in [-0.2, 0) is 28.4 Å². The number of imide groups is 1. The third kappa shape index (κ3) is 7.64. The molecule has 5 aromatic rings. The number of halogens is 3. The Labute approximate surface area is 331 Å². The van der Waals surface area contributed by atoms with E-state index in [1.165, 1.54) is 0 Å². The van der Waals surface area contributed by atoms with Gasteiger partial charge in [-0.15, -0.1) is 0 Å². The largest absolute Gasteiger partial charge is 0.434 e. The Kier molecular flexibility index (Phi) is 10.2. The van der Waals surface area contributed by atoms with Gasteiger partial charge in [-0.05, 0) is 107 Å². The van der Waals surface area contributed by atoms with E-state index in [4.69, 9.17) is 5.10 Å². The molecule has 8 rings (SSSR count). The van der Waals surface area contributed by atoms with Crippen LogP contribution in [0.4, 0.5) is 18.9 Å². The van der Waals surface area contributed by atoms with Gasteiger partial charge in [-0.2, -0.15) is 18.3 Å². The van der Waals surface area contributed by atoms with E-state index < -0.39 is 35.3 Å².